The number of furan rings is 1. The molecule has 3 aromatic rings. The monoisotopic (exact) mass is 472 g/mol. The SMILES string of the molecule is Cc1c(C(=O)N2CCN(c3ccccc3)CC2)oc2c1/C(=N/NC(=O)c1ccccc1O)CCC2. The van der Waals surface area contributed by atoms with Gasteiger partial charge in [-0.25, -0.2) is 5.43 Å². The maximum Gasteiger partial charge on any atom is 0.289 e. The Morgan fingerprint density at radius 3 is 2.43 bits per heavy atom. The van der Waals surface area contributed by atoms with Crippen molar-refractivity contribution in [2.24, 2.45) is 5.10 Å². The van der Waals surface area contributed by atoms with Crippen LogP contribution in [-0.4, -0.2) is 53.7 Å². The number of piperazine rings is 1. The molecule has 2 amide bonds. The molecule has 8 heteroatoms. The lowest BCUT2D eigenvalue weighted by Gasteiger charge is -2.35. The van der Waals surface area contributed by atoms with E-state index in [4.69, 9.17) is 4.42 Å². The van der Waals surface area contributed by atoms with Crippen LogP contribution >= 0.6 is 0 Å². The smallest absolute Gasteiger partial charge is 0.289 e. The van der Waals surface area contributed by atoms with Crippen LogP contribution in [0.1, 0.15) is 50.6 Å². The predicted molar refractivity (Wildman–Crippen MR) is 133 cm³/mol. The third kappa shape index (κ3) is 4.51. The zero-order valence-electron chi connectivity index (χ0n) is 19.7. The third-order valence-electron chi connectivity index (χ3n) is 6.65. The molecule has 2 aromatic carbocycles. The van der Waals surface area contributed by atoms with Crippen molar-refractivity contribution in [1.29, 1.82) is 0 Å². The van der Waals surface area contributed by atoms with E-state index in [0.29, 0.717) is 31.0 Å². The minimum atomic E-state index is -0.489. The van der Waals surface area contributed by atoms with Gasteiger partial charge in [-0.15, -0.1) is 0 Å². The van der Waals surface area contributed by atoms with Gasteiger partial charge in [0.05, 0.1) is 11.3 Å². The van der Waals surface area contributed by atoms with Gasteiger partial charge in [0.1, 0.15) is 11.5 Å². The Morgan fingerprint density at radius 1 is 0.971 bits per heavy atom. The van der Waals surface area contributed by atoms with Crippen molar-refractivity contribution in [3.63, 3.8) is 0 Å². The number of nitrogens with one attached hydrogen (secondary N) is 1. The number of hydrazone groups is 1. The van der Waals surface area contributed by atoms with Gasteiger partial charge in [-0.3, -0.25) is 9.59 Å². The molecule has 2 heterocycles. The number of amides is 2. The molecule has 35 heavy (non-hydrogen) atoms. The first-order chi connectivity index (χ1) is 17.0. The number of aryl methyl sites for hydroxylation is 1. The van der Waals surface area contributed by atoms with Crippen molar-refractivity contribution in [2.75, 3.05) is 31.1 Å². The number of para-hydroxylation sites is 2. The Bertz CT molecular complexity index is 1270. The topological polar surface area (TPSA) is 98.4 Å². The summed E-state index contributed by atoms with van der Waals surface area (Å²) in [6.07, 6.45) is 2.20. The number of aromatic hydroxyl groups is 1. The summed E-state index contributed by atoms with van der Waals surface area (Å²) >= 11 is 0. The van der Waals surface area contributed by atoms with Crippen LogP contribution in [-0.2, 0) is 6.42 Å². The molecule has 8 nitrogen and oxygen atoms in total. The number of nitrogens with zero attached hydrogens (tertiary/aromatic N) is 3. The fourth-order valence-corrected chi connectivity index (χ4v) is 4.78. The second kappa shape index (κ2) is 9.66. The molecule has 0 atom stereocenters. The van der Waals surface area contributed by atoms with Crippen LogP contribution in [0.15, 0.2) is 64.1 Å². The van der Waals surface area contributed by atoms with Gasteiger partial charge < -0.3 is 19.3 Å². The first-order valence-electron chi connectivity index (χ1n) is 11.9. The molecule has 1 aliphatic heterocycles. The first-order valence-corrected chi connectivity index (χ1v) is 11.9. The maximum absolute atomic E-state index is 13.4. The van der Waals surface area contributed by atoms with E-state index in [0.717, 1.165) is 48.5 Å². The summed E-state index contributed by atoms with van der Waals surface area (Å²) in [4.78, 5) is 30.0. The molecule has 2 N–H and O–H groups in total. The molecule has 0 unspecified atom stereocenters. The van der Waals surface area contributed by atoms with Crippen LogP contribution in [0, 0.1) is 6.92 Å². The zero-order chi connectivity index (χ0) is 24.4. The highest BCUT2D eigenvalue weighted by Gasteiger charge is 2.31. The molecule has 0 saturated carbocycles. The molecule has 2 aliphatic rings. The van der Waals surface area contributed by atoms with Gasteiger partial charge in [0.25, 0.3) is 11.8 Å². The highest BCUT2D eigenvalue weighted by molar-refractivity contribution is 6.07. The minimum Gasteiger partial charge on any atom is -0.507 e. The van der Waals surface area contributed by atoms with E-state index in [2.05, 4.69) is 27.6 Å². The lowest BCUT2D eigenvalue weighted by Crippen LogP contribution is -2.48. The number of rotatable bonds is 4. The van der Waals surface area contributed by atoms with Gasteiger partial charge in [-0.05, 0) is 44.0 Å². The summed E-state index contributed by atoms with van der Waals surface area (Å²) in [6, 6.07) is 16.5. The van der Waals surface area contributed by atoms with Gasteiger partial charge in [0.2, 0.25) is 0 Å². The Balaban J connectivity index is 1.31. The molecule has 1 aliphatic carbocycles. The molecular weight excluding hydrogens is 444 g/mol. The van der Waals surface area contributed by atoms with Crippen LogP contribution in [0.2, 0.25) is 0 Å². The van der Waals surface area contributed by atoms with Crippen LogP contribution in [0.5, 0.6) is 5.75 Å². The van der Waals surface area contributed by atoms with Gasteiger partial charge in [0, 0.05) is 49.4 Å². The molecule has 0 bridgehead atoms. The highest BCUT2D eigenvalue weighted by atomic mass is 16.4. The Labute approximate surface area is 203 Å². The number of carbonyl (C=O) groups excluding carboxylic acids is 2. The predicted octanol–water partition coefficient (Wildman–Crippen LogP) is 3.73. The number of fused-ring (bicyclic) bond motifs is 1. The fraction of sp³-hybridized carbons (Fsp3) is 0.296. The van der Waals surface area contributed by atoms with Crippen molar-refractivity contribution < 1.29 is 19.1 Å². The van der Waals surface area contributed by atoms with Crippen LogP contribution in [0.3, 0.4) is 0 Å². The Morgan fingerprint density at radius 2 is 1.69 bits per heavy atom. The lowest BCUT2D eigenvalue weighted by molar-refractivity contribution is 0.0711. The molecule has 1 saturated heterocycles. The number of benzene rings is 2. The summed E-state index contributed by atoms with van der Waals surface area (Å²) in [5.41, 5.74) is 6.11. The number of hydrogen-bond acceptors (Lipinski definition) is 6. The molecule has 5 rings (SSSR count). The number of phenols is 1. The van der Waals surface area contributed by atoms with E-state index < -0.39 is 5.91 Å². The highest BCUT2D eigenvalue weighted by Crippen LogP contribution is 2.31. The molecule has 0 radical (unpaired) electrons. The Kier molecular flexibility index (Phi) is 6.27. The fourth-order valence-electron chi connectivity index (χ4n) is 4.78. The van der Waals surface area contributed by atoms with Crippen LogP contribution in [0.4, 0.5) is 5.69 Å². The van der Waals surface area contributed by atoms with Gasteiger partial charge in [-0.2, -0.15) is 5.10 Å². The number of phenolic OH excluding ortho intramolecular Hbond substituents is 1. The van der Waals surface area contributed by atoms with E-state index >= 15 is 0 Å². The Hall–Kier alpha value is -4.07. The second-order valence-corrected chi connectivity index (χ2v) is 8.84. The number of carbonyl (C=O) groups is 2. The maximum atomic E-state index is 13.4. The summed E-state index contributed by atoms with van der Waals surface area (Å²) in [6.45, 7) is 4.65. The average molecular weight is 473 g/mol. The number of anilines is 1. The van der Waals surface area contributed by atoms with Crippen molar-refractivity contribution in [3.8, 4) is 5.75 Å². The van der Waals surface area contributed by atoms with Crippen LogP contribution < -0.4 is 10.3 Å². The average Bonchev–Trinajstić information content (AvgIpc) is 3.24. The summed E-state index contributed by atoms with van der Waals surface area (Å²) in [7, 11) is 0. The molecule has 1 fully saturated rings. The largest absolute Gasteiger partial charge is 0.507 e. The quantitative estimate of drug-likeness (QED) is 0.564. The number of hydrogen-bond donors (Lipinski definition) is 2. The summed E-state index contributed by atoms with van der Waals surface area (Å²) < 4.78 is 6.07. The van der Waals surface area contributed by atoms with Gasteiger partial charge >= 0.3 is 0 Å². The van der Waals surface area contributed by atoms with E-state index in [1.807, 2.05) is 30.0 Å². The van der Waals surface area contributed by atoms with Gasteiger partial charge in [0.15, 0.2) is 5.76 Å². The van der Waals surface area contributed by atoms with E-state index in [1.54, 1.807) is 12.1 Å². The van der Waals surface area contributed by atoms with Gasteiger partial charge in [-0.1, -0.05) is 30.3 Å². The van der Waals surface area contributed by atoms with E-state index in [1.165, 1.54) is 12.1 Å². The minimum absolute atomic E-state index is 0.103. The lowest BCUT2D eigenvalue weighted by atomic mass is 9.93. The summed E-state index contributed by atoms with van der Waals surface area (Å²) in [5.74, 6) is 0.383. The summed E-state index contributed by atoms with van der Waals surface area (Å²) in [5, 5.41) is 14.3. The van der Waals surface area contributed by atoms with Crippen molar-refractivity contribution in [1.82, 2.24) is 10.3 Å². The first kappa shape index (κ1) is 22.7. The standard InChI is InChI=1S/C27H28N4O4/c1-18-24-21(28-29-26(33)20-10-5-6-12-22(20)32)11-7-13-23(24)35-25(18)27(34)31-16-14-30(15-17-31)19-8-3-2-4-9-19/h2-6,8-10,12,32H,7,11,13-17H2,1H3,(H,29,33)/b28-21+. The molecule has 0 spiro atoms. The molecule has 180 valence electrons. The second-order valence-electron chi connectivity index (χ2n) is 8.84. The van der Waals surface area contributed by atoms with Crippen molar-refractivity contribution in [3.05, 3.63) is 82.8 Å². The molecule has 1 aromatic heterocycles. The van der Waals surface area contributed by atoms with Crippen molar-refractivity contribution in [2.45, 2.75) is 26.2 Å². The third-order valence-corrected chi connectivity index (χ3v) is 6.65. The van der Waals surface area contributed by atoms with Crippen molar-refractivity contribution >= 4 is 23.2 Å². The van der Waals surface area contributed by atoms with Crippen LogP contribution in [0.25, 0.3) is 0 Å². The molecular formula is C27H28N4O4. The zero-order valence-corrected chi connectivity index (χ0v) is 19.7. The van der Waals surface area contributed by atoms with E-state index in [9.17, 15) is 14.7 Å². The van der Waals surface area contributed by atoms with E-state index in [-0.39, 0.29) is 17.2 Å². The normalized spacial score (nSPS) is 16.8.